The van der Waals surface area contributed by atoms with Crippen LogP contribution in [0.1, 0.15) is 0 Å². The lowest BCUT2D eigenvalue weighted by Crippen LogP contribution is -2.40. The number of benzene rings is 1. The average molecular weight is 233 g/mol. The molecule has 3 rings (SSSR count). The highest BCUT2D eigenvalue weighted by Crippen LogP contribution is 2.20. The average Bonchev–Trinajstić information content (AvgIpc) is 2.71. The van der Waals surface area contributed by atoms with Crippen LogP contribution in [0.15, 0.2) is 24.3 Å². The summed E-state index contributed by atoms with van der Waals surface area (Å²) in [7, 11) is 0. The van der Waals surface area contributed by atoms with Crippen molar-refractivity contribution in [1.29, 1.82) is 0 Å². The van der Waals surface area contributed by atoms with Gasteiger partial charge < -0.3 is 15.4 Å². The topological polar surface area (TPSA) is 53.6 Å². The van der Waals surface area contributed by atoms with Gasteiger partial charge in [-0.15, -0.1) is 0 Å². The molecular weight excluding hydrogens is 218 g/mol. The van der Waals surface area contributed by atoms with Gasteiger partial charge in [-0.1, -0.05) is 0 Å². The maximum Gasteiger partial charge on any atom is 0.321 e. The Morgan fingerprint density at radius 3 is 2.59 bits per heavy atom. The summed E-state index contributed by atoms with van der Waals surface area (Å²) in [5.41, 5.74) is 2.01. The monoisotopic (exact) mass is 233 g/mol. The van der Waals surface area contributed by atoms with Crippen LogP contribution in [0.25, 0.3) is 0 Å². The summed E-state index contributed by atoms with van der Waals surface area (Å²) in [6.07, 6.45) is 0. The third-order valence-corrected chi connectivity index (χ3v) is 3.04. The van der Waals surface area contributed by atoms with Crippen LogP contribution in [0.3, 0.4) is 0 Å². The Bertz CT molecular complexity index is 414. The third-order valence-electron chi connectivity index (χ3n) is 3.04. The molecule has 2 aliphatic rings. The summed E-state index contributed by atoms with van der Waals surface area (Å²) in [5, 5.41) is 6.15. The van der Waals surface area contributed by atoms with Gasteiger partial charge in [0.05, 0.1) is 19.3 Å². The van der Waals surface area contributed by atoms with Gasteiger partial charge >= 0.3 is 6.03 Å². The molecule has 1 aromatic rings. The van der Waals surface area contributed by atoms with E-state index in [2.05, 4.69) is 10.6 Å². The summed E-state index contributed by atoms with van der Waals surface area (Å²) >= 11 is 0. The number of urea groups is 1. The van der Waals surface area contributed by atoms with Gasteiger partial charge in [-0.3, -0.25) is 4.90 Å². The Labute approximate surface area is 99.7 Å². The highest BCUT2D eigenvalue weighted by molar-refractivity contribution is 5.94. The van der Waals surface area contributed by atoms with Gasteiger partial charge in [0.1, 0.15) is 0 Å². The number of hydrogen-bond donors (Lipinski definition) is 2. The second-order valence-corrected chi connectivity index (χ2v) is 4.31. The molecule has 0 spiro atoms. The van der Waals surface area contributed by atoms with Crippen molar-refractivity contribution in [1.82, 2.24) is 5.32 Å². The number of hydrogen-bond acceptors (Lipinski definition) is 3. The van der Waals surface area contributed by atoms with Crippen LogP contribution in [-0.4, -0.2) is 38.4 Å². The molecular formula is C12H15N3O2. The molecule has 0 unspecified atom stereocenters. The van der Waals surface area contributed by atoms with Crippen molar-refractivity contribution in [2.45, 2.75) is 6.04 Å². The molecule has 17 heavy (non-hydrogen) atoms. The van der Waals surface area contributed by atoms with E-state index in [0.29, 0.717) is 6.04 Å². The van der Waals surface area contributed by atoms with Crippen molar-refractivity contribution in [3.8, 4) is 0 Å². The van der Waals surface area contributed by atoms with E-state index < -0.39 is 0 Å². The number of nitrogens with one attached hydrogen (secondary N) is 2. The molecule has 2 amide bonds. The minimum atomic E-state index is -0.0156. The zero-order valence-electron chi connectivity index (χ0n) is 9.48. The second kappa shape index (κ2) is 4.25. The van der Waals surface area contributed by atoms with Gasteiger partial charge in [0.25, 0.3) is 0 Å². The Morgan fingerprint density at radius 1 is 1.29 bits per heavy atom. The normalized spacial score (nSPS) is 20.0. The van der Waals surface area contributed by atoms with Crippen molar-refractivity contribution in [2.75, 3.05) is 36.5 Å². The maximum absolute atomic E-state index is 11.5. The molecule has 5 heteroatoms. The maximum atomic E-state index is 11.5. The highest BCUT2D eigenvalue weighted by Gasteiger charge is 2.21. The third kappa shape index (κ3) is 2.06. The van der Waals surface area contributed by atoms with E-state index in [1.165, 1.54) is 0 Å². The lowest BCUT2D eigenvalue weighted by Gasteiger charge is -2.28. The van der Waals surface area contributed by atoms with E-state index >= 15 is 0 Å². The first-order valence-electron chi connectivity index (χ1n) is 5.83. The molecule has 0 bridgehead atoms. The molecule has 2 saturated heterocycles. The van der Waals surface area contributed by atoms with Crippen molar-refractivity contribution >= 4 is 17.4 Å². The molecule has 0 radical (unpaired) electrons. The number of ether oxygens (including phenoxy) is 1. The standard InChI is InChI=1S/C12H15N3O2/c16-12-13-5-6-15(12)11-3-1-9(2-4-11)14-10-7-17-8-10/h1-4,10,14H,5-8H2,(H,13,16). The van der Waals surface area contributed by atoms with Crippen molar-refractivity contribution < 1.29 is 9.53 Å². The lowest BCUT2D eigenvalue weighted by atomic mass is 10.2. The Balaban J connectivity index is 1.68. The Hall–Kier alpha value is -1.75. The van der Waals surface area contributed by atoms with Gasteiger partial charge in [-0.2, -0.15) is 0 Å². The van der Waals surface area contributed by atoms with Crippen molar-refractivity contribution in [3.05, 3.63) is 24.3 Å². The first-order valence-corrected chi connectivity index (χ1v) is 5.83. The zero-order valence-corrected chi connectivity index (χ0v) is 9.48. The highest BCUT2D eigenvalue weighted by atomic mass is 16.5. The summed E-state index contributed by atoms with van der Waals surface area (Å²) in [6.45, 7) is 3.01. The molecule has 0 aromatic heterocycles. The summed E-state index contributed by atoms with van der Waals surface area (Å²) in [5.74, 6) is 0. The van der Waals surface area contributed by atoms with Crippen LogP contribution in [-0.2, 0) is 4.74 Å². The van der Waals surface area contributed by atoms with Crippen molar-refractivity contribution in [3.63, 3.8) is 0 Å². The second-order valence-electron chi connectivity index (χ2n) is 4.31. The van der Waals surface area contributed by atoms with Gasteiger partial charge in [-0.25, -0.2) is 4.79 Å². The first kappa shape index (κ1) is 10.4. The molecule has 0 aliphatic carbocycles. The number of amides is 2. The minimum Gasteiger partial charge on any atom is -0.378 e. The molecule has 2 heterocycles. The van der Waals surface area contributed by atoms with Crippen molar-refractivity contribution in [2.24, 2.45) is 0 Å². The summed E-state index contributed by atoms with van der Waals surface area (Å²) in [4.78, 5) is 13.2. The molecule has 5 nitrogen and oxygen atoms in total. The van der Waals surface area contributed by atoms with Gasteiger partial charge in [0, 0.05) is 24.5 Å². The van der Waals surface area contributed by atoms with Crippen LogP contribution in [0.4, 0.5) is 16.2 Å². The van der Waals surface area contributed by atoms with Crippen LogP contribution >= 0.6 is 0 Å². The fourth-order valence-electron chi connectivity index (χ4n) is 2.01. The lowest BCUT2D eigenvalue weighted by molar-refractivity contribution is 0.0211. The molecule has 0 saturated carbocycles. The fourth-order valence-corrected chi connectivity index (χ4v) is 2.01. The van der Waals surface area contributed by atoms with E-state index in [4.69, 9.17) is 4.74 Å². The number of carbonyl (C=O) groups is 1. The molecule has 90 valence electrons. The number of rotatable bonds is 3. The molecule has 2 N–H and O–H groups in total. The smallest absolute Gasteiger partial charge is 0.321 e. The number of anilines is 2. The van der Waals surface area contributed by atoms with Crippen LogP contribution in [0.2, 0.25) is 0 Å². The quantitative estimate of drug-likeness (QED) is 0.819. The summed E-state index contributed by atoms with van der Waals surface area (Å²) in [6, 6.07) is 8.34. The number of nitrogens with zero attached hydrogens (tertiary/aromatic N) is 1. The SMILES string of the molecule is O=C1NCCN1c1ccc(NC2COC2)cc1. The first-order chi connectivity index (χ1) is 8.33. The number of carbonyl (C=O) groups excluding carboxylic acids is 1. The van der Waals surface area contributed by atoms with E-state index in [-0.39, 0.29) is 6.03 Å². The zero-order chi connectivity index (χ0) is 11.7. The van der Waals surface area contributed by atoms with Gasteiger partial charge in [0.15, 0.2) is 0 Å². The molecule has 1 aromatic carbocycles. The molecule has 0 atom stereocenters. The molecule has 2 aliphatic heterocycles. The Morgan fingerprint density at radius 2 is 2.06 bits per heavy atom. The van der Waals surface area contributed by atoms with E-state index in [1.807, 2.05) is 24.3 Å². The van der Waals surface area contributed by atoms with Crippen LogP contribution in [0.5, 0.6) is 0 Å². The molecule has 2 fully saturated rings. The predicted molar refractivity (Wildman–Crippen MR) is 65.4 cm³/mol. The largest absolute Gasteiger partial charge is 0.378 e. The van der Waals surface area contributed by atoms with Gasteiger partial charge in [0.2, 0.25) is 0 Å². The van der Waals surface area contributed by atoms with Crippen LogP contribution in [0, 0.1) is 0 Å². The van der Waals surface area contributed by atoms with E-state index in [1.54, 1.807) is 4.90 Å². The fraction of sp³-hybridized carbons (Fsp3) is 0.417. The minimum absolute atomic E-state index is 0.0156. The van der Waals surface area contributed by atoms with Gasteiger partial charge in [-0.05, 0) is 24.3 Å². The Kier molecular flexibility index (Phi) is 2.60. The predicted octanol–water partition coefficient (Wildman–Crippen LogP) is 1.03. The van der Waals surface area contributed by atoms with Crippen LogP contribution < -0.4 is 15.5 Å². The van der Waals surface area contributed by atoms with E-state index in [0.717, 1.165) is 37.7 Å². The van der Waals surface area contributed by atoms with E-state index in [9.17, 15) is 4.79 Å². The summed E-state index contributed by atoms with van der Waals surface area (Å²) < 4.78 is 5.10.